The number of amides is 2. The van der Waals surface area contributed by atoms with Crippen LogP contribution < -0.4 is 15.0 Å². The molecule has 2 amide bonds. The summed E-state index contributed by atoms with van der Waals surface area (Å²) in [7, 11) is 0. The van der Waals surface area contributed by atoms with Crippen LogP contribution in [0.4, 0.5) is 11.6 Å². The van der Waals surface area contributed by atoms with Crippen molar-refractivity contribution in [2.45, 2.75) is 55.3 Å². The van der Waals surface area contributed by atoms with Gasteiger partial charge in [0.1, 0.15) is 29.9 Å². The summed E-state index contributed by atoms with van der Waals surface area (Å²) in [6.07, 6.45) is 8.95. The van der Waals surface area contributed by atoms with Gasteiger partial charge in [0.25, 0.3) is 0 Å². The number of benzene rings is 4. The Hall–Kier alpha value is -6.81. The third-order valence-electron chi connectivity index (χ3n) is 13.2. The molecule has 12 nitrogen and oxygen atoms in total. The fraction of sp³-hybridized carbons (Fsp3) is 0.314. The highest BCUT2D eigenvalue weighted by Gasteiger charge is 2.74. The van der Waals surface area contributed by atoms with E-state index in [4.69, 9.17) is 9.47 Å². The van der Waals surface area contributed by atoms with Crippen molar-refractivity contribution >= 4 is 29.4 Å². The lowest BCUT2D eigenvalue weighted by atomic mass is 9.65. The number of piperazine rings is 1. The SMILES string of the molecule is O=C1OC(c2ccccc2)C(c2ccccc2)N2C1C(C(=O)N1CCN(c3ncccn3)CC1)C1(C(=O)Nc3ccc(C#CC4=CCCCC4)cc31)C2c1cccc(OCCO)c1. The molecule has 4 aliphatic heterocycles. The van der Waals surface area contributed by atoms with Crippen LogP contribution in [0.2, 0.25) is 0 Å². The molecule has 5 heterocycles. The molecule has 0 bridgehead atoms. The molecule has 0 saturated carbocycles. The Bertz CT molecular complexity index is 2610. The molecule has 4 aromatic carbocycles. The minimum absolute atomic E-state index is 0.0591. The molecule has 6 unspecified atom stereocenters. The van der Waals surface area contributed by atoms with Crippen molar-refractivity contribution in [3.63, 3.8) is 0 Å². The first-order valence-corrected chi connectivity index (χ1v) is 21.8. The van der Waals surface area contributed by atoms with Gasteiger partial charge in [-0.1, -0.05) is 90.7 Å². The van der Waals surface area contributed by atoms with E-state index in [0.717, 1.165) is 42.4 Å². The number of ether oxygens (including phenoxy) is 2. The van der Waals surface area contributed by atoms with Gasteiger partial charge < -0.3 is 29.7 Å². The molecule has 12 heteroatoms. The fourth-order valence-corrected chi connectivity index (χ4v) is 10.5. The average molecular weight is 841 g/mol. The van der Waals surface area contributed by atoms with Gasteiger partial charge in [-0.05, 0) is 89.9 Å². The lowest BCUT2D eigenvalue weighted by molar-refractivity contribution is -0.179. The van der Waals surface area contributed by atoms with Crippen LogP contribution in [0.1, 0.15) is 71.7 Å². The number of hydrogen-bond acceptors (Lipinski definition) is 10. The van der Waals surface area contributed by atoms with Crippen molar-refractivity contribution in [3.8, 4) is 17.6 Å². The summed E-state index contributed by atoms with van der Waals surface area (Å²) in [5.41, 5.74) is 3.61. The normalized spacial score (nSPS) is 25.3. The van der Waals surface area contributed by atoms with E-state index in [1.54, 1.807) is 29.4 Å². The molecule has 3 saturated heterocycles. The predicted octanol–water partition coefficient (Wildman–Crippen LogP) is 6.32. The van der Waals surface area contributed by atoms with Crippen molar-refractivity contribution < 1.29 is 29.0 Å². The van der Waals surface area contributed by atoms with Gasteiger partial charge >= 0.3 is 5.97 Å². The summed E-state index contributed by atoms with van der Waals surface area (Å²) in [6.45, 7) is 1.44. The van der Waals surface area contributed by atoms with Crippen LogP contribution >= 0.6 is 0 Å². The van der Waals surface area contributed by atoms with E-state index >= 15 is 14.4 Å². The van der Waals surface area contributed by atoms with Crippen molar-refractivity contribution in [2.24, 2.45) is 5.92 Å². The molecular weight excluding hydrogens is 793 g/mol. The number of nitrogens with zero attached hydrogens (tertiary/aromatic N) is 5. The number of nitrogens with one attached hydrogen (secondary N) is 1. The van der Waals surface area contributed by atoms with E-state index in [-0.39, 0.29) is 25.0 Å². The van der Waals surface area contributed by atoms with E-state index in [1.165, 1.54) is 0 Å². The zero-order valence-corrected chi connectivity index (χ0v) is 34.8. The maximum absolute atomic E-state index is 15.9. The first kappa shape index (κ1) is 40.3. The number of morpholine rings is 1. The molecule has 6 atom stereocenters. The third kappa shape index (κ3) is 7.21. The van der Waals surface area contributed by atoms with Crippen LogP contribution in [0.25, 0.3) is 0 Å². The van der Waals surface area contributed by atoms with Crippen molar-refractivity contribution in [2.75, 3.05) is 49.6 Å². The number of anilines is 2. The van der Waals surface area contributed by atoms with Gasteiger partial charge in [-0.25, -0.2) is 9.97 Å². The van der Waals surface area contributed by atoms with Gasteiger partial charge in [-0.2, -0.15) is 0 Å². The first-order valence-electron chi connectivity index (χ1n) is 21.8. The minimum Gasteiger partial charge on any atom is -0.491 e. The number of allylic oxidation sites excluding steroid dienone is 2. The van der Waals surface area contributed by atoms with Gasteiger partial charge in [-0.15, -0.1) is 0 Å². The monoisotopic (exact) mass is 840 g/mol. The first-order chi connectivity index (χ1) is 30.9. The number of aliphatic hydroxyl groups excluding tert-OH is 1. The zero-order valence-electron chi connectivity index (χ0n) is 34.8. The molecule has 1 aromatic heterocycles. The Morgan fingerprint density at radius 1 is 0.825 bits per heavy atom. The summed E-state index contributed by atoms with van der Waals surface area (Å²) in [5.74, 6) is 5.34. The number of aromatic nitrogens is 2. The molecule has 63 heavy (non-hydrogen) atoms. The largest absolute Gasteiger partial charge is 0.491 e. The maximum atomic E-state index is 15.9. The Balaban J connectivity index is 1.20. The van der Waals surface area contributed by atoms with Crippen molar-refractivity contribution in [1.82, 2.24) is 19.8 Å². The van der Waals surface area contributed by atoms with E-state index in [0.29, 0.717) is 60.3 Å². The number of carbonyl (C=O) groups is 3. The fourth-order valence-electron chi connectivity index (χ4n) is 10.5. The molecule has 5 aromatic rings. The maximum Gasteiger partial charge on any atom is 0.324 e. The van der Waals surface area contributed by atoms with Gasteiger partial charge in [0.2, 0.25) is 17.8 Å². The van der Waals surface area contributed by atoms with Crippen LogP contribution in [0.5, 0.6) is 5.75 Å². The van der Waals surface area contributed by atoms with Crippen LogP contribution in [-0.2, 0) is 24.5 Å². The van der Waals surface area contributed by atoms with Crippen LogP contribution in [-0.4, -0.2) is 88.1 Å². The molecule has 10 rings (SSSR count). The third-order valence-corrected chi connectivity index (χ3v) is 13.2. The smallest absolute Gasteiger partial charge is 0.324 e. The van der Waals surface area contributed by atoms with Crippen LogP contribution in [0, 0.1) is 17.8 Å². The summed E-state index contributed by atoms with van der Waals surface area (Å²) in [4.78, 5) is 61.7. The molecule has 2 N–H and O–H groups in total. The molecule has 5 aliphatic rings. The summed E-state index contributed by atoms with van der Waals surface area (Å²) in [6, 6.07) is 31.7. The Morgan fingerprint density at radius 3 is 2.30 bits per heavy atom. The molecule has 1 aliphatic carbocycles. The summed E-state index contributed by atoms with van der Waals surface area (Å²) < 4.78 is 12.6. The molecule has 1 spiro atoms. The second-order valence-electron chi connectivity index (χ2n) is 16.7. The molecule has 318 valence electrons. The predicted molar refractivity (Wildman–Crippen MR) is 236 cm³/mol. The van der Waals surface area contributed by atoms with Gasteiger partial charge in [0.05, 0.1) is 24.6 Å². The highest BCUT2D eigenvalue weighted by molar-refractivity contribution is 6.12. The molecule has 3 fully saturated rings. The van der Waals surface area contributed by atoms with Gasteiger partial charge in [-0.3, -0.25) is 19.3 Å². The van der Waals surface area contributed by atoms with Crippen molar-refractivity contribution in [3.05, 3.63) is 161 Å². The Kier molecular flexibility index (Phi) is 11.0. The highest BCUT2D eigenvalue weighted by Crippen LogP contribution is 2.65. The van der Waals surface area contributed by atoms with Gasteiger partial charge in [0.15, 0.2) is 0 Å². The molecule has 0 radical (unpaired) electrons. The number of aliphatic hydroxyl groups is 1. The van der Waals surface area contributed by atoms with Crippen LogP contribution in [0.15, 0.2) is 133 Å². The molecular formula is C51H48N6O6. The van der Waals surface area contributed by atoms with E-state index in [1.807, 2.05) is 102 Å². The van der Waals surface area contributed by atoms with E-state index < -0.39 is 41.5 Å². The Labute approximate surface area is 366 Å². The average Bonchev–Trinajstić information content (AvgIpc) is 3.82. The van der Waals surface area contributed by atoms with E-state index in [9.17, 15) is 5.11 Å². The lowest BCUT2D eigenvalue weighted by Crippen LogP contribution is -2.58. The van der Waals surface area contributed by atoms with Crippen molar-refractivity contribution in [1.29, 1.82) is 0 Å². The summed E-state index contributed by atoms with van der Waals surface area (Å²) in [5, 5.41) is 13.0. The second-order valence-corrected chi connectivity index (χ2v) is 16.7. The quantitative estimate of drug-likeness (QED) is 0.135. The number of rotatable bonds is 8. The number of hydrogen-bond donors (Lipinski definition) is 2. The number of carbonyl (C=O) groups excluding carboxylic acids is 3. The van der Waals surface area contributed by atoms with E-state index in [2.05, 4.69) is 38.1 Å². The number of esters is 1. The highest BCUT2D eigenvalue weighted by atomic mass is 16.6. The lowest BCUT2D eigenvalue weighted by Gasteiger charge is -2.46. The van der Waals surface area contributed by atoms with Crippen LogP contribution in [0.3, 0.4) is 0 Å². The van der Waals surface area contributed by atoms with Gasteiger partial charge in [0, 0.05) is 49.8 Å². The Morgan fingerprint density at radius 2 is 1.57 bits per heavy atom. The zero-order chi connectivity index (χ0) is 42.9. The standard InChI is InChI=1S/C51H48N6O6/c58-30-31-62-39-19-10-18-38(33-39)46-51(40-32-35(22-23-41(40)54-49(51)61)21-20-34-12-4-1-5-13-34)42(47(59)55-26-28-56(29-27-55)50-52-24-11-25-53-50)44-48(60)63-45(37-16-8-3-9-17-37)43(57(44)46)36-14-6-2-7-15-36/h2-3,6-12,14-19,22-25,32-33,42-46,58H,1,4-5,13,26-31H2,(H,54,61). The topological polar surface area (TPSA) is 137 Å². The summed E-state index contributed by atoms with van der Waals surface area (Å²) >= 11 is 0. The number of cyclic esters (lactones) is 1. The minimum atomic E-state index is -1.66. The second kappa shape index (κ2) is 17.2. The number of fused-ring (bicyclic) bond motifs is 3.